The molecule has 0 aromatic carbocycles. The molecule has 0 unspecified atom stereocenters. The predicted molar refractivity (Wildman–Crippen MR) is 84.9 cm³/mol. The fourth-order valence-corrected chi connectivity index (χ4v) is 2.68. The van der Waals surface area contributed by atoms with Gasteiger partial charge in [0.2, 0.25) is 0 Å². The number of aliphatic carboxylic acids is 1. The highest BCUT2D eigenvalue weighted by Crippen LogP contribution is 2.23. The Bertz CT molecular complexity index is 405. The predicted octanol–water partition coefficient (Wildman–Crippen LogP) is 2.70. The van der Waals surface area contributed by atoms with Crippen molar-refractivity contribution in [3.8, 4) is 0 Å². The molecular weight excluding hydrogens is 303 g/mol. The Morgan fingerprint density at radius 2 is 1.78 bits per heavy atom. The van der Waals surface area contributed by atoms with Crippen LogP contribution in [0.4, 0.5) is 9.18 Å². The van der Waals surface area contributed by atoms with Crippen LogP contribution < -0.4 is 5.73 Å². The zero-order chi connectivity index (χ0) is 17.6. The molecule has 1 amide bonds. The molecule has 0 spiro atoms. The van der Waals surface area contributed by atoms with Gasteiger partial charge in [-0.05, 0) is 33.6 Å². The molecule has 2 fully saturated rings. The number of ether oxygens (including phenoxy) is 1. The number of carbonyl (C=O) groups excluding carboxylic acids is 1. The number of carboxylic acids is 1. The van der Waals surface area contributed by atoms with Crippen LogP contribution in [0.15, 0.2) is 0 Å². The second-order valence-electron chi connectivity index (χ2n) is 7.22. The summed E-state index contributed by atoms with van der Waals surface area (Å²) in [6, 6.07) is -0.585. The number of alkyl halides is 1. The van der Waals surface area contributed by atoms with E-state index in [2.05, 4.69) is 0 Å². The summed E-state index contributed by atoms with van der Waals surface area (Å²) in [6.07, 6.45) is 4.42. The second-order valence-corrected chi connectivity index (χ2v) is 7.22. The van der Waals surface area contributed by atoms with Crippen LogP contribution >= 0.6 is 0 Å². The van der Waals surface area contributed by atoms with Crippen LogP contribution in [0.3, 0.4) is 0 Å². The van der Waals surface area contributed by atoms with Crippen molar-refractivity contribution in [1.82, 2.24) is 4.90 Å². The van der Waals surface area contributed by atoms with Crippen molar-refractivity contribution in [3.63, 3.8) is 0 Å². The van der Waals surface area contributed by atoms with Crippen LogP contribution in [0.1, 0.15) is 59.3 Å². The standard InChI is InChI=1S/C10H16FNO4.C6H13N/c1-10(2,3)16-9(15)12-5-6(11)4-7(12)8(13)14;7-6-4-2-1-3-5-6/h6-7H,4-5H2,1-3H3,(H,13,14);6H,1-5,7H2/t6-,7+;/m1./s1. The van der Waals surface area contributed by atoms with Crippen LogP contribution in [-0.4, -0.2) is 52.5 Å². The number of carbonyl (C=O) groups is 2. The number of hydrogen-bond acceptors (Lipinski definition) is 4. The van der Waals surface area contributed by atoms with E-state index in [9.17, 15) is 14.0 Å². The molecule has 134 valence electrons. The van der Waals surface area contributed by atoms with Gasteiger partial charge in [-0.1, -0.05) is 19.3 Å². The van der Waals surface area contributed by atoms with Crippen molar-refractivity contribution in [2.45, 2.75) is 83.2 Å². The molecule has 0 radical (unpaired) electrons. The summed E-state index contributed by atoms with van der Waals surface area (Å²) in [5, 5.41) is 8.83. The smallest absolute Gasteiger partial charge is 0.411 e. The lowest BCUT2D eigenvalue weighted by Gasteiger charge is -2.26. The van der Waals surface area contributed by atoms with Gasteiger partial charge in [-0.15, -0.1) is 0 Å². The monoisotopic (exact) mass is 332 g/mol. The number of hydrogen-bond donors (Lipinski definition) is 2. The molecule has 7 heteroatoms. The van der Waals surface area contributed by atoms with Crippen molar-refractivity contribution >= 4 is 12.1 Å². The second kappa shape index (κ2) is 8.47. The summed E-state index contributed by atoms with van der Waals surface area (Å²) in [4.78, 5) is 23.3. The molecule has 2 aliphatic rings. The summed E-state index contributed by atoms with van der Waals surface area (Å²) in [5.41, 5.74) is 4.92. The third kappa shape index (κ3) is 7.16. The molecule has 1 heterocycles. The van der Waals surface area contributed by atoms with Gasteiger partial charge >= 0.3 is 12.1 Å². The Kier molecular flexibility index (Phi) is 7.25. The Balaban J connectivity index is 0.000000313. The number of halogens is 1. The Labute approximate surface area is 137 Å². The highest BCUT2D eigenvalue weighted by atomic mass is 19.1. The summed E-state index contributed by atoms with van der Waals surface area (Å²) in [6.45, 7) is 4.79. The third-order valence-electron chi connectivity index (χ3n) is 3.81. The molecule has 1 saturated heterocycles. The zero-order valence-electron chi connectivity index (χ0n) is 14.3. The van der Waals surface area contributed by atoms with E-state index in [1.54, 1.807) is 20.8 Å². The normalized spacial score (nSPS) is 25.5. The first-order chi connectivity index (χ1) is 10.6. The van der Waals surface area contributed by atoms with Gasteiger partial charge in [-0.3, -0.25) is 4.90 Å². The molecule has 23 heavy (non-hydrogen) atoms. The molecule has 6 nitrogen and oxygen atoms in total. The van der Waals surface area contributed by atoms with E-state index in [1.807, 2.05) is 0 Å². The van der Waals surface area contributed by atoms with Crippen molar-refractivity contribution in [2.75, 3.05) is 6.54 Å². The average molecular weight is 332 g/mol. The number of amides is 1. The summed E-state index contributed by atoms with van der Waals surface area (Å²) in [5.74, 6) is -1.20. The number of carboxylic acid groups (broad SMARTS) is 1. The fraction of sp³-hybridized carbons (Fsp3) is 0.875. The first kappa shape index (κ1) is 19.7. The molecule has 0 bridgehead atoms. The third-order valence-corrected chi connectivity index (χ3v) is 3.81. The minimum absolute atomic E-state index is 0.172. The summed E-state index contributed by atoms with van der Waals surface area (Å²) in [7, 11) is 0. The molecule has 3 N–H and O–H groups in total. The maximum Gasteiger partial charge on any atom is 0.411 e. The van der Waals surface area contributed by atoms with Crippen molar-refractivity contribution < 1.29 is 23.8 Å². The van der Waals surface area contributed by atoms with Gasteiger partial charge in [0.05, 0.1) is 6.54 Å². The van der Waals surface area contributed by atoms with E-state index in [0.717, 1.165) is 4.90 Å². The fourth-order valence-electron chi connectivity index (χ4n) is 2.68. The largest absolute Gasteiger partial charge is 0.480 e. The molecule has 1 aliphatic carbocycles. The van der Waals surface area contributed by atoms with Crippen LogP contribution in [0.5, 0.6) is 0 Å². The van der Waals surface area contributed by atoms with Gasteiger partial charge in [-0.2, -0.15) is 0 Å². The minimum atomic E-state index is -1.30. The van der Waals surface area contributed by atoms with Gasteiger partial charge in [0.1, 0.15) is 17.8 Å². The molecule has 2 atom stereocenters. The van der Waals surface area contributed by atoms with Crippen LogP contribution in [0, 0.1) is 0 Å². The lowest BCUT2D eigenvalue weighted by molar-refractivity contribution is -0.142. The van der Waals surface area contributed by atoms with Crippen LogP contribution in [0.2, 0.25) is 0 Å². The number of nitrogens with zero attached hydrogens (tertiary/aromatic N) is 1. The first-order valence-electron chi connectivity index (χ1n) is 8.22. The van der Waals surface area contributed by atoms with E-state index in [1.165, 1.54) is 32.1 Å². The van der Waals surface area contributed by atoms with Gasteiger partial charge in [-0.25, -0.2) is 14.0 Å². The molecular formula is C16H29FN2O4. The maximum absolute atomic E-state index is 13.1. The average Bonchev–Trinajstić information content (AvgIpc) is 2.81. The number of nitrogens with two attached hydrogens (primary N) is 1. The van der Waals surface area contributed by atoms with Crippen LogP contribution in [0.25, 0.3) is 0 Å². The molecule has 0 aromatic heterocycles. The topological polar surface area (TPSA) is 92.9 Å². The zero-order valence-corrected chi connectivity index (χ0v) is 14.3. The first-order valence-corrected chi connectivity index (χ1v) is 8.22. The number of likely N-dealkylation sites (tertiary alicyclic amines) is 1. The molecule has 0 aromatic rings. The Morgan fingerprint density at radius 3 is 2.17 bits per heavy atom. The molecule has 2 rings (SSSR count). The molecule has 1 saturated carbocycles. The van der Waals surface area contributed by atoms with Crippen molar-refractivity contribution in [2.24, 2.45) is 5.73 Å². The van der Waals surface area contributed by atoms with Gasteiger partial charge in [0.15, 0.2) is 0 Å². The lowest BCUT2D eigenvalue weighted by atomic mass is 9.97. The van der Waals surface area contributed by atoms with E-state index in [0.29, 0.717) is 6.04 Å². The highest BCUT2D eigenvalue weighted by molar-refractivity contribution is 5.81. The van der Waals surface area contributed by atoms with Gasteiger partial charge in [0.25, 0.3) is 0 Å². The molecule has 1 aliphatic heterocycles. The highest BCUT2D eigenvalue weighted by Gasteiger charge is 2.41. The van der Waals surface area contributed by atoms with Gasteiger partial charge < -0.3 is 15.6 Å². The van der Waals surface area contributed by atoms with Gasteiger partial charge in [0, 0.05) is 12.5 Å². The maximum atomic E-state index is 13.1. The van der Waals surface area contributed by atoms with Crippen LogP contribution in [-0.2, 0) is 9.53 Å². The SMILES string of the molecule is CC(C)(C)OC(=O)N1C[C@H](F)C[C@H]1C(=O)O.NC1CCCCC1. The minimum Gasteiger partial charge on any atom is -0.480 e. The van der Waals surface area contributed by atoms with E-state index in [-0.39, 0.29) is 13.0 Å². The van der Waals surface area contributed by atoms with E-state index < -0.39 is 29.9 Å². The summed E-state index contributed by atoms with van der Waals surface area (Å²) >= 11 is 0. The number of rotatable bonds is 1. The Hall–Kier alpha value is -1.37. The van der Waals surface area contributed by atoms with E-state index in [4.69, 9.17) is 15.6 Å². The summed E-state index contributed by atoms with van der Waals surface area (Å²) < 4.78 is 18.1. The Morgan fingerprint density at radius 1 is 1.22 bits per heavy atom. The van der Waals surface area contributed by atoms with Crippen molar-refractivity contribution in [3.05, 3.63) is 0 Å². The van der Waals surface area contributed by atoms with Crippen molar-refractivity contribution in [1.29, 1.82) is 0 Å². The quantitative estimate of drug-likeness (QED) is 0.770. The van der Waals surface area contributed by atoms with E-state index >= 15 is 0 Å². The lowest BCUT2D eigenvalue weighted by Crippen LogP contribution is -2.43.